The first-order valence-electron chi connectivity index (χ1n) is 4.66. The fraction of sp³-hybridized carbons (Fsp3) is 0.778. The maximum absolute atomic E-state index is 10.9. The van der Waals surface area contributed by atoms with Crippen LogP contribution < -0.4 is 5.73 Å². The first-order valence-corrected chi connectivity index (χ1v) is 4.66. The van der Waals surface area contributed by atoms with Gasteiger partial charge in [-0.05, 0) is 0 Å². The van der Waals surface area contributed by atoms with Crippen LogP contribution >= 0.6 is 0 Å². The summed E-state index contributed by atoms with van der Waals surface area (Å²) in [5.41, 5.74) is 5.09. The maximum Gasteiger partial charge on any atom is 0.320 e. The van der Waals surface area contributed by atoms with Gasteiger partial charge in [0.25, 0.3) is 0 Å². The highest BCUT2D eigenvalue weighted by Gasteiger charge is 2.24. The number of hydrogen-bond donors (Lipinski definition) is 2. The van der Waals surface area contributed by atoms with Crippen LogP contribution in [0.3, 0.4) is 0 Å². The molecule has 0 aliphatic heterocycles. The second-order valence-corrected chi connectivity index (χ2v) is 4.39. The minimum absolute atomic E-state index is 0.193. The van der Waals surface area contributed by atoms with Crippen LogP contribution in [0.15, 0.2) is 0 Å². The fourth-order valence-electron chi connectivity index (χ4n) is 1.18. The van der Waals surface area contributed by atoms with E-state index in [1.165, 1.54) is 0 Å². The van der Waals surface area contributed by atoms with Gasteiger partial charge in [-0.3, -0.25) is 9.59 Å². The predicted molar refractivity (Wildman–Crippen MR) is 54.1 cm³/mol. The summed E-state index contributed by atoms with van der Waals surface area (Å²) in [6, 6.07) is 0. The molecule has 0 spiro atoms. The lowest BCUT2D eigenvalue weighted by atomic mass is 10.2. The van der Waals surface area contributed by atoms with Gasteiger partial charge in [0.15, 0.2) is 6.10 Å². The molecule has 1 atom stereocenters. The van der Waals surface area contributed by atoms with Crippen molar-refractivity contribution in [2.75, 3.05) is 34.2 Å². The molecule has 6 nitrogen and oxygen atoms in total. The van der Waals surface area contributed by atoms with Crippen molar-refractivity contribution in [3.05, 3.63) is 0 Å². The Kier molecular flexibility index (Phi) is 5.24. The zero-order valence-corrected chi connectivity index (χ0v) is 9.40. The zero-order chi connectivity index (χ0) is 12.1. The molecule has 0 saturated heterocycles. The van der Waals surface area contributed by atoms with Crippen molar-refractivity contribution in [1.29, 1.82) is 0 Å². The second kappa shape index (κ2) is 5.67. The van der Waals surface area contributed by atoms with Gasteiger partial charge in [0, 0.05) is 0 Å². The van der Waals surface area contributed by atoms with Gasteiger partial charge >= 0.3 is 11.9 Å². The Hall–Kier alpha value is -1.14. The minimum atomic E-state index is -0.988. The highest BCUT2D eigenvalue weighted by molar-refractivity contribution is 5.72. The van der Waals surface area contributed by atoms with Crippen molar-refractivity contribution in [2.24, 2.45) is 5.73 Å². The van der Waals surface area contributed by atoms with E-state index in [0.717, 1.165) is 0 Å². The summed E-state index contributed by atoms with van der Waals surface area (Å²) < 4.78 is 5.45. The van der Waals surface area contributed by atoms with Crippen molar-refractivity contribution in [3.8, 4) is 0 Å². The molecule has 0 aromatic heterocycles. The lowest BCUT2D eigenvalue weighted by molar-refractivity contribution is -0.873. The molecule has 15 heavy (non-hydrogen) atoms. The molecule has 0 amide bonds. The molecule has 0 saturated carbocycles. The number of nitrogens with zero attached hydrogens (tertiary/aromatic N) is 1. The van der Waals surface area contributed by atoms with Crippen molar-refractivity contribution in [1.82, 2.24) is 0 Å². The van der Waals surface area contributed by atoms with Crippen molar-refractivity contribution in [2.45, 2.75) is 12.5 Å². The van der Waals surface area contributed by atoms with Gasteiger partial charge in [-0.2, -0.15) is 0 Å². The molecular formula is C9H19N2O4+. The molecule has 1 unspecified atom stereocenters. The van der Waals surface area contributed by atoms with Gasteiger partial charge in [0.1, 0.15) is 6.54 Å². The number of esters is 1. The van der Waals surface area contributed by atoms with Gasteiger partial charge < -0.3 is 20.1 Å². The molecule has 88 valence electrons. The van der Waals surface area contributed by atoms with E-state index in [0.29, 0.717) is 11.0 Å². The summed E-state index contributed by atoms with van der Waals surface area (Å²) in [6.45, 7) is 0.214. The number of carbonyl (C=O) groups is 2. The topological polar surface area (TPSA) is 89.6 Å². The Morgan fingerprint density at radius 2 is 1.93 bits per heavy atom. The minimum Gasteiger partial charge on any atom is -0.481 e. The van der Waals surface area contributed by atoms with Crippen LogP contribution in [0, 0.1) is 0 Å². The first kappa shape index (κ1) is 13.9. The molecule has 3 N–H and O–H groups in total. The molecule has 0 aliphatic rings. The van der Waals surface area contributed by atoms with Gasteiger partial charge in [0.05, 0.1) is 34.1 Å². The lowest BCUT2D eigenvalue weighted by Gasteiger charge is -2.28. The number of carbonyl (C=O) groups excluding carboxylic acids is 1. The summed E-state index contributed by atoms with van der Waals surface area (Å²) in [7, 11) is 5.68. The average Bonchev–Trinajstić information content (AvgIpc) is 1.99. The number of ether oxygens (including phenoxy) is 1. The Labute approximate surface area is 89.2 Å². The van der Waals surface area contributed by atoms with E-state index < -0.39 is 18.0 Å². The largest absolute Gasteiger partial charge is 0.481 e. The maximum atomic E-state index is 10.9. The fourth-order valence-corrected chi connectivity index (χ4v) is 1.18. The van der Waals surface area contributed by atoms with E-state index in [2.05, 4.69) is 0 Å². The summed E-state index contributed by atoms with van der Waals surface area (Å²) in [5.74, 6) is -1.56. The average molecular weight is 219 g/mol. The predicted octanol–water partition coefficient (Wildman–Crippen LogP) is -0.962. The quantitative estimate of drug-likeness (QED) is 0.443. The molecule has 6 heteroatoms. The van der Waals surface area contributed by atoms with Crippen LogP contribution in [0.25, 0.3) is 0 Å². The zero-order valence-electron chi connectivity index (χ0n) is 9.40. The van der Waals surface area contributed by atoms with E-state index in [1.807, 2.05) is 21.1 Å². The SMILES string of the molecule is C[N+](C)(C)CC(CC(=O)O)OC(=O)CN. The van der Waals surface area contributed by atoms with E-state index in [-0.39, 0.29) is 13.0 Å². The highest BCUT2D eigenvalue weighted by atomic mass is 16.5. The van der Waals surface area contributed by atoms with E-state index >= 15 is 0 Å². The number of quaternary nitrogens is 1. The van der Waals surface area contributed by atoms with Gasteiger partial charge in [0.2, 0.25) is 0 Å². The Bertz CT molecular complexity index is 235. The smallest absolute Gasteiger partial charge is 0.320 e. The normalized spacial score (nSPS) is 13.3. The summed E-state index contributed by atoms with van der Waals surface area (Å²) in [4.78, 5) is 21.5. The lowest BCUT2D eigenvalue weighted by Crippen LogP contribution is -2.44. The van der Waals surface area contributed by atoms with Crippen LogP contribution in [0.2, 0.25) is 0 Å². The third-order valence-electron chi connectivity index (χ3n) is 1.62. The van der Waals surface area contributed by atoms with Crippen LogP contribution in [-0.2, 0) is 14.3 Å². The monoisotopic (exact) mass is 219 g/mol. The Morgan fingerprint density at radius 1 is 1.40 bits per heavy atom. The summed E-state index contributed by atoms with van der Waals surface area (Å²) in [5, 5.41) is 8.64. The molecule has 0 bridgehead atoms. The van der Waals surface area contributed by atoms with Crippen molar-refractivity contribution >= 4 is 11.9 Å². The molecule has 0 heterocycles. The molecular weight excluding hydrogens is 200 g/mol. The molecule has 0 rings (SSSR count). The van der Waals surface area contributed by atoms with Gasteiger partial charge in [-0.25, -0.2) is 0 Å². The number of likely N-dealkylation sites (N-methyl/N-ethyl adjacent to an activating group) is 1. The van der Waals surface area contributed by atoms with E-state index in [9.17, 15) is 9.59 Å². The molecule has 0 aromatic rings. The van der Waals surface area contributed by atoms with E-state index in [4.69, 9.17) is 15.6 Å². The van der Waals surface area contributed by atoms with Gasteiger partial charge in [-0.15, -0.1) is 0 Å². The van der Waals surface area contributed by atoms with Crippen LogP contribution in [0.4, 0.5) is 0 Å². The first-order chi connectivity index (χ1) is 6.74. The standard InChI is InChI=1S/C9H18N2O4/c1-11(2,3)6-7(4-8(12)13)15-9(14)5-10/h7H,4-6,10H2,1-3H3/p+1. The van der Waals surface area contributed by atoms with Crippen molar-refractivity contribution in [3.63, 3.8) is 0 Å². The van der Waals surface area contributed by atoms with Crippen molar-refractivity contribution < 1.29 is 23.9 Å². The second-order valence-electron chi connectivity index (χ2n) is 4.39. The number of nitrogens with two attached hydrogens (primary N) is 1. The summed E-state index contributed by atoms with van der Waals surface area (Å²) >= 11 is 0. The third kappa shape index (κ3) is 7.90. The number of rotatable bonds is 6. The Balaban J connectivity index is 4.31. The molecule has 0 radical (unpaired) electrons. The summed E-state index contributed by atoms with van der Waals surface area (Å²) in [6.07, 6.45) is -0.820. The number of carboxylic acids is 1. The van der Waals surface area contributed by atoms with Crippen LogP contribution in [0.1, 0.15) is 6.42 Å². The highest BCUT2D eigenvalue weighted by Crippen LogP contribution is 2.04. The number of aliphatic carboxylic acids is 1. The molecule has 0 aromatic carbocycles. The van der Waals surface area contributed by atoms with E-state index in [1.54, 1.807) is 0 Å². The number of hydrogen-bond acceptors (Lipinski definition) is 4. The van der Waals surface area contributed by atoms with Crippen LogP contribution in [0.5, 0.6) is 0 Å². The molecule has 0 aliphatic carbocycles. The molecule has 0 fully saturated rings. The van der Waals surface area contributed by atoms with Gasteiger partial charge in [-0.1, -0.05) is 0 Å². The Morgan fingerprint density at radius 3 is 2.27 bits per heavy atom. The third-order valence-corrected chi connectivity index (χ3v) is 1.62. The van der Waals surface area contributed by atoms with Crippen LogP contribution in [-0.4, -0.2) is 61.9 Å². The number of carboxylic acid groups (broad SMARTS) is 1.